The first-order valence-corrected chi connectivity index (χ1v) is 9.50. The van der Waals surface area contributed by atoms with Crippen LogP contribution in [0, 0.1) is 0 Å². The summed E-state index contributed by atoms with van der Waals surface area (Å²) in [4.78, 5) is 5.56. The van der Waals surface area contributed by atoms with Crippen molar-refractivity contribution in [2.24, 2.45) is 10.7 Å². The number of unbranched alkanes of at least 4 members (excludes halogenated alkanes) is 1. The van der Waals surface area contributed by atoms with Gasteiger partial charge in [0.25, 0.3) is 0 Å². The molecule has 1 rings (SSSR count). The molecule has 0 spiro atoms. The van der Waals surface area contributed by atoms with Gasteiger partial charge in [-0.15, -0.1) is 35.7 Å². The molecule has 3 N–H and O–H groups in total. The van der Waals surface area contributed by atoms with Crippen LogP contribution in [0.1, 0.15) is 26.2 Å². The molecule has 0 fully saturated rings. The van der Waals surface area contributed by atoms with Crippen LogP contribution in [-0.2, 0) is 4.74 Å². The van der Waals surface area contributed by atoms with Crippen molar-refractivity contribution in [1.82, 2.24) is 5.32 Å². The molecule has 0 radical (unpaired) electrons. The third-order valence-electron chi connectivity index (χ3n) is 2.90. The fourth-order valence-electron chi connectivity index (χ4n) is 1.75. The summed E-state index contributed by atoms with van der Waals surface area (Å²) in [6.07, 6.45) is 3.15. The Bertz CT molecular complexity index is 449. The zero-order valence-corrected chi connectivity index (χ0v) is 18.3. The van der Waals surface area contributed by atoms with Crippen LogP contribution >= 0.6 is 51.7 Å². The summed E-state index contributed by atoms with van der Waals surface area (Å²) in [6.45, 7) is 5.09. The van der Waals surface area contributed by atoms with E-state index in [1.165, 1.54) is 9.37 Å². The quantitative estimate of drug-likeness (QED) is 0.152. The molecule has 0 bridgehead atoms. The van der Waals surface area contributed by atoms with Gasteiger partial charge < -0.3 is 15.8 Å². The molecule has 23 heavy (non-hydrogen) atoms. The Balaban J connectivity index is 0.00000484. The molecule has 0 saturated heterocycles. The van der Waals surface area contributed by atoms with Gasteiger partial charge >= 0.3 is 0 Å². The first kappa shape index (κ1) is 23.0. The van der Waals surface area contributed by atoms with E-state index < -0.39 is 0 Å². The van der Waals surface area contributed by atoms with Crippen LogP contribution in [0.5, 0.6) is 0 Å². The van der Waals surface area contributed by atoms with E-state index in [0.717, 1.165) is 51.3 Å². The van der Waals surface area contributed by atoms with Gasteiger partial charge in [0.2, 0.25) is 0 Å². The fraction of sp³-hybridized carbons (Fsp3) is 0.562. The molecule has 1 aromatic carbocycles. The molecule has 0 unspecified atom stereocenters. The predicted molar refractivity (Wildman–Crippen MR) is 115 cm³/mol. The number of hydrogen-bond acceptors (Lipinski definition) is 3. The number of nitrogens with zero attached hydrogens (tertiary/aromatic N) is 1. The maximum absolute atomic E-state index is 5.80. The van der Waals surface area contributed by atoms with Crippen molar-refractivity contribution in [3.8, 4) is 0 Å². The lowest BCUT2D eigenvalue weighted by molar-refractivity contribution is 0.146. The first-order chi connectivity index (χ1) is 10.7. The second-order valence-electron chi connectivity index (χ2n) is 4.73. The van der Waals surface area contributed by atoms with Gasteiger partial charge in [-0.3, -0.25) is 4.99 Å². The number of halogens is 2. The minimum atomic E-state index is 0. The molecule has 1 aromatic rings. The molecule has 0 aliphatic rings. The van der Waals surface area contributed by atoms with Crippen molar-refractivity contribution < 1.29 is 4.74 Å². The highest BCUT2D eigenvalue weighted by Crippen LogP contribution is 2.27. The summed E-state index contributed by atoms with van der Waals surface area (Å²) in [7, 11) is 0. The lowest BCUT2D eigenvalue weighted by Gasteiger charge is -2.06. The van der Waals surface area contributed by atoms with Gasteiger partial charge in [-0.1, -0.05) is 12.1 Å². The average Bonchev–Trinajstić information content (AvgIpc) is 2.52. The highest BCUT2D eigenvalue weighted by molar-refractivity contribution is 14.0. The van der Waals surface area contributed by atoms with Crippen molar-refractivity contribution in [2.75, 3.05) is 32.1 Å². The number of ether oxygens (including phenoxy) is 1. The molecule has 7 heteroatoms. The van der Waals surface area contributed by atoms with Gasteiger partial charge in [-0.05, 0) is 60.0 Å². The normalized spacial score (nSPS) is 11.1. The van der Waals surface area contributed by atoms with Gasteiger partial charge in [-0.25, -0.2) is 0 Å². The predicted octanol–water partition coefficient (Wildman–Crippen LogP) is 4.27. The number of nitrogens with one attached hydrogen (secondary N) is 1. The monoisotopic (exact) mass is 515 g/mol. The van der Waals surface area contributed by atoms with Crippen molar-refractivity contribution in [3.05, 3.63) is 28.7 Å². The Labute approximate surface area is 169 Å². The molecule has 0 aromatic heterocycles. The van der Waals surface area contributed by atoms with E-state index in [-0.39, 0.29) is 24.0 Å². The second kappa shape index (κ2) is 15.5. The van der Waals surface area contributed by atoms with Gasteiger partial charge in [-0.2, -0.15) is 0 Å². The zero-order chi connectivity index (χ0) is 16.0. The Hall–Kier alpha value is 0.01000. The number of rotatable bonds is 11. The number of thioether (sulfide) groups is 1. The Morgan fingerprint density at radius 2 is 2.09 bits per heavy atom. The van der Waals surface area contributed by atoms with Crippen LogP contribution in [0.3, 0.4) is 0 Å². The van der Waals surface area contributed by atoms with E-state index in [1.54, 1.807) is 0 Å². The highest BCUT2D eigenvalue weighted by Gasteiger charge is 1.99. The smallest absolute Gasteiger partial charge is 0.188 e. The Kier molecular flexibility index (Phi) is 15.5. The number of hydrogen-bond donors (Lipinski definition) is 2. The van der Waals surface area contributed by atoms with Gasteiger partial charge in [0, 0.05) is 35.7 Å². The molecule has 0 aliphatic carbocycles. The summed E-state index contributed by atoms with van der Waals surface area (Å²) in [6, 6.07) is 8.32. The number of aliphatic imine (C=N–C) groups is 1. The molecule has 0 aliphatic heterocycles. The SMILES string of the molecule is CCOCCCN=C(N)NCCCCSc1ccccc1Br.I. The van der Waals surface area contributed by atoms with Crippen molar-refractivity contribution in [3.63, 3.8) is 0 Å². The maximum Gasteiger partial charge on any atom is 0.188 e. The number of benzene rings is 1. The number of guanidine groups is 1. The number of nitrogens with two attached hydrogens (primary N) is 1. The van der Waals surface area contributed by atoms with E-state index >= 15 is 0 Å². The molecule has 0 heterocycles. The lowest BCUT2D eigenvalue weighted by atomic mass is 10.3. The highest BCUT2D eigenvalue weighted by atomic mass is 127. The average molecular weight is 516 g/mol. The lowest BCUT2D eigenvalue weighted by Crippen LogP contribution is -2.32. The molecule has 0 amide bonds. The third kappa shape index (κ3) is 12.1. The van der Waals surface area contributed by atoms with Crippen molar-refractivity contribution in [2.45, 2.75) is 31.1 Å². The summed E-state index contributed by atoms with van der Waals surface area (Å²) in [5.74, 6) is 1.64. The largest absolute Gasteiger partial charge is 0.382 e. The topological polar surface area (TPSA) is 59.6 Å². The molecule has 0 saturated carbocycles. The zero-order valence-electron chi connectivity index (χ0n) is 13.6. The van der Waals surface area contributed by atoms with Gasteiger partial charge in [0.15, 0.2) is 5.96 Å². The van der Waals surface area contributed by atoms with Gasteiger partial charge in [0.05, 0.1) is 0 Å². The van der Waals surface area contributed by atoms with Crippen LogP contribution in [-0.4, -0.2) is 38.0 Å². The van der Waals surface area contributed by atoms with E-state index in [2.05, 4.69) is 44.4 Å². The standard InChI is InChI=1S/C16H26BrN3OS.HI/c1-2-21-12-7-11-20-16(18)19-10-5-6-13-22-15-9-4-3-8-14(15)17;/h3-4,8-9H,2,5-7,10-13H2,1H3,(H3,18,19,20);1H. The van der Waals surface area contributed by atoms with E-state index in [1.807, 2.05) is 24.8 Å². The molecule has 132 valence electrons. The van der Waals surface area contributed by atoms with Crippen LogP contribution < -0.4 is 11.1 Å². The summed E-state index contributed by atoms with van der Waals surface area (Å²) < 4.78 is 6.42. The van der Waals surface area contributed by atoms with Crippen LogP contribution in [0.15, 0.2) is 38.6 Å². The van der Waals surface area contributed by atoms with Crippen molar-refractivity contribution >= 4 is 57.6 Å². The van der Waals surface area contributed by atoms with Crippen LogP contribution in [0.4, 0.5) is 0 Å². The summed E-state index contributed by atoms with van der Waals surface area (Å²) in [5.41, 5.74) is 5.80. The van der Waals surface area contributed by atoms with Crippen molar-refractivity contribution in [1.29, 1.82) is 0 Å². The van der Waals surface area contributed by atoms with E-state index in [4.69, 9.17) is 10.5 Å². The molecule has 4 nitrogen and oxygen atoms in total. The third-order valence-corrected chi connectivity index (χ3v) is 5.02. The van der Waals surface area contributed by atoms with E-state index in [0.29, 0.717) is 5.96 Å². The Morgan fingerprint density at radius 1 is 1.30 bits per heavy atom. The first-order valence-electron chi connectivity index (χ1n) is 7.73. The van der Waals surface area contributed by atoms with Gasteiger partial charge in [0.1, 0.15) is 0 Å². The molecule has 0 atom stereocenters. The molecular formula is C16H27BrIN3OS. The van der Waals surface area contributed by atoms with E-state index in [9.17, 15) is 0 Å². The molecular weight excluding hydrogens is 489 g/mol. The summed E-state index contributed by atoms with van der Waals surface area (Å²) in [5, 5.41) is 3.15. The minimum Gasteiger partial charge on any atom is -0.382 e. The fourth-order valence-corrected chi connectivity index (χ4v) is 3.33. The second-order valence-corrected chi connectivity index (χ2v) is 6.72. The summed E-state index contributed by atoms with van der Waals surface area (Å²) >= 11 is 5.44. The minimum absolute atomic E-state index is 0. The maximum atomic E-state index is 5.80. The van der Waals surface area contributed by atoms with Crippen LogP contribution in [0.25, 0.3) is 0 Å². The Morgan fingerprint density at radius 3 is 2.83 bits per heavy atom. The van der Waals surface area contributed by atoms with Crippen LogP contribution in [0.2, 0.25) is 0 Å².